The normalized spacial score (nSPS) is 10.2. The number of hydrogen-bond donors (Lipinski definition) is 2. The summed E-state index contributed by atoms with van der Waals surface area (Å²) in [5.41, 5.74) is 0.612. The van der Waals surface area contributed by atoms with Crippen molar-refractivity contribution in [2.75, 3.05) is 5.32 Å². The highest BCUT2D eigenvalue weighted by Crippen LogP contribution is 2.20. The van der Waals surface area contributed by atoms with Gasteiger partial charge in [-0.2, -0.15) is 0 Å². The van der Waals surface area contributed by atoms with Gasteiger partial charge in [-0.15, -0.1) is 0 Å². The number of phenols is 1. The second kappa shape index (κ2) is 5.84. The fourth-order valence-corrected chi connectivity index (χ4v) is 1.95. The van der Waals surface area contributed by atoms with Crippen molar-refractivity contribution in [1.29, 1.82) is 0 Å². The molecule has 0 aliphatic heterocycles. The molecule has 0 radical (unpaired) electrons. The monoisotopic (exact) mass is 323 g/mol. The minimum absolute atomic E-state index is 0.0117. The molecule has 0 aliphatic carbocycles. The van der Waals surface area contributed by atoms with Crippen molar-refractivity contribution in [3.8, 4) is 5.75 Å². The smallest absolute Gasteiger partial charge is 0.229 e. The molecule has 19 heavy (non-hydrogen) atoms. The molecule has 5 heteroatoms. The van der Waals surface area contributed by atoms with Crippen molar-refractivity contribution < 1.29 is 14.3 Å². The zero-order valence-corrected chi connectivity index (χ0v) is 11.4. The van der Waals surface area contributed by atoms with E-state index in [0.717, 1.165) is 0 Å². The topological polar surface area (TPSA) is 49.3 Å². The van der Waals surface area contributed by atoms with Crippen molar-refractivity contribution in [1.82, 2.24) is 0 Å². The van der Waals surface area contributed by atoms with Crippen LogP contribution in [0.4, 0.5) is 10.1 Å². The first-order valence-corrected chi connectivity index (χ1v) is 6.37. The van der Waals surface area contributed by atoms with E-state index in [-0.39, 0.29) is 23.8 Å². The molecule has 0 bridgehead atoms. The van der Waals surface area contributed by atoms with Crippen LogP contribution in [0.3, 0.4) is 0 Å². The minimum Gasteiger partial charge on any atom is -0.508 e. The molecule has 2 aromatic rings. The molecule has 0 aliphatic rings. The first-order valence-electron chi connectivity index (χ1n) is 5.58. The van der Waals surface area contributed by atoms with Crippen LogP contribution in [-0.2, 0) is 11.2 Å². The largest absolute Gasteiger partial charge is 0.508 e. The lowest BCUT2D eigenvalue weighted by molar-refractivity contribution is -0.115. The van der Waals surface area contributed by atoms with E-state index >= 15 is 0 Å². The zero-order valence-electron chi connectivity index (χ0n) is 9.86. The second-order valence-electron chi connectivity index (χ2n) is 3.98. The first-order chi connectivity index (χ1) is 9.06. The van der Waals surface area contributed by atoms with Crippen LogP contribution in [0, 0.1) is 5.82 Å². The summed E-state index contributed by atoms with van der Waals surface area (Å²) in [6.07, 6.45) is -0.0117. The summed E-state index contributed by atoms with van der Waals surface area (Å²) in [5, 5.41) is 12.0. The average Bonchev–Trinajstić information content (AvgIpc) is 2.36. The standard InChI is InChI=1S/C14H11BrFNO2/c15-10-5-6-12(11(16)8-10)17-14(19)7-9-3-1-2-4-13(9)18/h1-6,8,18H,7H2,(H,17,19). The Morgan fingerprint density at radius 3 is 2.68 bits per heavy atom. The first kappa shape index (κ1) is 13.5. The van der Waals surface area contributed by atoms with E-state index < -0.39 is 5.82 Å². The highest BCUT2D eigenvalue weighted by atomic mass is 79.9. The molecule has 0 saturated heterocycles. The van der Waals surface area contributed by atoms with Gasteiger partial charge in [0, 0.05) is 10.0 Å². The van der Waals surface area contributed by atoms with Crippen LogP contribution in [-0.4, -0.2) is 11.0 Å². The lowest BCUT2D eigenvalue weighted by atomic mass is 10.1. The number of hydrogen-bond acceptors (Lipinski definition) is 2. The number of phenolic OH excluding ortho intramolecular Hbond substituents is 1. The Hall–Kier alpha value is -1.88. The van der Waals surface area contributed by atoms with Gasteiger partial charge < -0.3 is 10.4 Å². The van der Waals surface area contributed by atoms with Crippen LogP contribution >= 0.6 is 15.9 Å². The summed E-state index contributed by atoms with van der Waals surface area (Å²) in [6.45, 7) is 0. The fraction of sp³-hybridized carbons (Fsp3) is 0.0714. The third-order valence-corrected chi connectivity index (χ3v) is 3.04. The summed E-state index contributed by atoms with van der Waals surface area (Å²) < 4.78 is 14.1. The molecule has 3 nitrogen and oxygen atoms in total. The molecule has 0 spiro atoms. The maximum absolute atomic E-state index is 13.5. The summed E-state index contributed by atoms with van der Waals surface area (Å²) in [5.74, 6) is -0.850. The van der Waals surface area contributed by atoms with Crippen LogP contribution in [0.25, 0.3) is 0 Å². The Kier molecular flexibility index (Phi) is 4.16. The third kappa shape index (κ3) is 3.54. The molecular formula is C14H11BrFNO2. The van der Waals surface area contributed by atoms with Crippen molar-refractivity contribution in [2.24, 2.45) is 0 Å². The van der Waals surface area contributed by atoms with Gasteiger partial charge in [0.15, 0.2) is 0 Å². The van der Waals surface area contributed by atoms with E-state index in [1.54, 1.807) is 24.3 Å². The minimum atomic E-state index is -0.514. The molecule has 0 atom stereocenters. The van der Waals surface area contributed by atoms with Gasteiger partial charge in [-0.1, -0.05) is 34.1 Å². The number of aromatic hydroxyl groups is 1. The quantitative estimate of drug-likeness (QED) is 0.908. The van der Waals surface area contributed by atoms with Gasteiger partial charge >= 0.3 is 0 Å². The molecule has 1 amide bonds. The van der Waals surface area contributed by atoms with Gasteiger partial charge in [0.1, 0.15) is 11.6 Å². The molecule has 98 valence electrons. The third-order valence-electron chi connectivity index (χ3n) is 2.55. The van der Waals surface area contributed by atoms with Crippen LogP contribution in [0.5, 0.6) is 5.75 Å². The van der Waals surface area contributed by atoms with Gasteiger partial charge in [-0.3, -0.25) is 4.79 Å². The van der Waals surface area contributed by atoms with Crippen LogP contribution in [0.15, 0.2) is 46.9 Å². The number of nitrogens with one attached hydrogen (secondary N) is 1. The molecule has 0 unspecified atom stereocenters. The van der Waals surface area contributed by atoms with Gasteiger partial charge in [-0.05, 0) is 24.3 Å². The maximum atomic E-state index is 13.5. The van der Waals surface area contributed by atoms with Crippen molar-refractivity contribution in [3.05, 3.63) is 58.3 Å². The maximum Gasteiger partial charge on any atom is 0.229 e. The summed E-state index contributed by atoms with van der Waals surface area (Å²) in [7, 11) is 0. The van der Waals surface area contributed by atoms with E-state index in [9.17, 15) is 14.3 Å². The number of carbonyl (C=O) groups excluding carboxylic acids is 1. The van der Waals surface area contributed by atoms with Gasteiger partial charge in [0.2, 0.25) is 5.91 Å². The number of halogens is 2. The van der Waals surface area contributed by atoms with E-state index in [1.807, 2.05) is 0 Å². The highest BCUT2D eigenvalue weighted by molar-refractivity contribution is 9.10. The summed E-state index contributed by atoms with van der Waals surface area (Å²) in [4.78, 5) is 11.8. The summed E-state index contributed by atoms with van der Waals surface area (Å²) >= 11 is 3.14. The molecule has 2 rings (SSSR count). The van der Waals surface area contributed by atoms with E-state index in [1.165, 1.54) is 18.2 Å². The Morgan fingerprint density at radius 2 is 2.00 bits per heavy atom. The lowest BCUT2D eigenvalue weighted by Crippen LogP contribution is -2.15. The molecule has 0 heterocycles. The predicted molar refractivity (Wildman–Crippen MR) is 74.5 cm³/mol. The second-order valence-corrected chi connectivity index (χ2v) is 4.89. The van der Waals surface area contributed by atoms with Crippen molar-refractivity contribution in [2.45, 2.75) is 6.42 Å². The Balaban J connectivity index is 2.08. The molecular weight excluding hydrogens is 313 g/mol. The van der Waals surface area contributed by atoms with Crippen LogP contribution in [0.2, 0.25) is 0 Å². The number of carbonyl (C=O) groups is 1. The molecule has 2 aromatic carbocycles. The predicted octanol–water partition coefficient (Wildman–Crippen LogP) is 3.48. The van der Waals surface area contributed by atoms with E-state index in [2.05, 4.69) is 21.2 Å². The number of amides is 1. The lowest BCUT2D eigenvalue weighted by Gasteiger charge is -2.07. The van der Waals surface area contributed by atoms with Crippen LogP contribution < -0.4 is 5.32 Å². The SMILES string of the molecule is O=C(Cc1ccccc1O)Nc1ccc(Br)cc1F. The number of para-hydroxylation sites is 1. The van der Waals surface area contributed by atoms with Crippen molar-refractivity contribution >= 4 is 27.5 Å². The van der Waals surface area contributed by atoms with Gasteiger partial charge in [0.25, 0.3) is 0 Å². The molecule has 0 aromatic heterocycles. The summed E-state index contributed by atoms with van der Waals surface area (Å²) in [6, 6.07) is 10.9. The molecule has 0 fully saturated rings. The zero-order chi connectivity index (χ0) is 13.8. The Morgan fingerprint density at radius 1 is 1.26 bits per heavy atom. The Labute approximate surface area is 118 Å². The van der Waals surface area contributed by atoms with Gasteiger partial charge in [-0.25, -0.2) is 4.39 Å². The Bertz CT molecular complexity index is 616. The number of benzene rings is 2. The van der Waals surface area contributed by atoms with Crippen LogP contribution in [0.1, 0.15) is 5.56 Å². The average molecular weight is 324 g/mol. The highest BCUT2D eigenvalue weighted by Gasteiger charge is 2.10. The molecule has 0 saturated carbocycles. The van der Waals surface area contributed by atoms with E-state index in [4.69, 9.17) is 0 Å². The van der Waals surface area contributed by atoms with Gasteiger partial charge in [0.05, 0.1) is 12.1 Å². The molecule has 2 N–H and O–H groups in total. The number of anilines is 1. The number of rotatable bonds is 3. The van der Waals surface area contributed by atoms with Crippen molar-refractivity contribution in [3.63, 3.8) is 0 Å². The van der Waals surface area contributed by atoms with E-state index in [0.29, 0.717) is 10.0 Å². The fourth-order valence-electron chi connectivity index (χ4n) is 1.62.